The number of ether oxygens (including phenoxy) is 2. The number of halogens is 1. The van der Waals surface area contributed by atoms with Crippen molar-refractivity contribution < 1.29 is 28.6 Å². The van der Waals surface area contributed by atoms with Gasteiger partial charge < -0.3 is 19.5 Å². The summed E-state index contributed by atoms with van der Waals surface area (Å²) in [5, 5.41) is 11.1. The monoisotopic (exact) mass is 466 g/mol. The number of carbonyl (C=O) groups is 2. The van der Waals surface area contributed by atoms with Gasteiger partial charge in [-0.05, 0) is 42.0 Å². The molecule has 0 radical (unpaired) electrons. The van der Waals surface area contributed by atoms with Crippen molar-refractivity contribution in [3.8, 4) is 5.75 Å². The molecule has 1 atom stereocenters. The zero-order valence-corrected chi connectivity index (χ0v) is 18.8. The number of nitrogens with zero attached hydrogens (tertiary/aromatic N) is 2. The van der Waals surface area contributed by atoms with Crippen LogP contribution in [0.5, 0.6) is 5.75 Å². The zero-order chi connectivity index (χ0) is 24.1. The van der Waals surface area contributed by atoms with Gasteiger partial charge in [-0.1, -0.05) is 24.8 Å². The van der Waals surface area contributed by atoms with E-state index in [1.807, 2.05) is 0 Å². The minimum atomic E-state index is -0.807. The number of benzene rings is 2. The summed E-state index contributed by atoms with van der Waals surface area (Å²) in [6, 6.07) is 11.4. The summed E-state index contributed by atoms with van der Waals surface area (Å²) in [6.45, 7) is 7.55. The van der Waals surface area contributed by atoms with Gasteiger partial charge in [-0.25, -0.2) is 4.39 Å². The SMILES string of the molecule is C=CCOc1cccc([C@@H]2/C(=C(\O)c3ccc(F)cc3)C(=O)C(=O)N2CCN2CCOCC2)c1. The second-order valence-corrected chi connectivity index (χ2v) is 8.13. The Labute approximate surface area is 197 Å². The number of ketones is 1. The molecule has 0 aliphatic carbocycles. The Morgan fingerprint density at radius 3 is 2.59 bits per heavy atom. The minimum Gasteiger partial charge on any atom is -0.507 e. The number of likely N-dealkylation sites (tertiary alicyclic amines) is 1. The van der Waals surface area contributed by atoms with Gasteiger partial charge in [-0.2, -0.15) is 0 Å². The maximum Gasteiger partial charge on any atom is 0.295 e. The lowest BCUT2D eigenvalue weighted by Gasteiger charge is -2.31. The molecule has 2 aromatic carbocycles. The number of morpholine rings is 1. The molecule has 0 saturated carbocycles. The molecule has 8 heteroatoms. The first-order chi connectivity index (χ1) is 16.5. The normalized spacial score (nSPS) is 20.5. The first-order valence-corrected chi connectivity index (χ1v) is 11.2. The van der Waals surface area contributed by atoms with E-state index < -0.39 is 23.5 Å². The summed E-state index contributed by atoms with van der Waals surface area (Å²) < 4.78 is 24.5. The molecule has 0 unspecified atom stereocenters. The maximum atomic E-state index is 13.4. The van der Waals surface area contributed by atoms with Gasteiger partial charge in [0, 0.05) is 31.7 Å². The molecular formula is C26H27FN2O5. The van der Waals surface area contributed by atoms with Crippen LogP contribution in [0, 0.1) is 5.82 Å². The van der Waals surface area contributed by atoms with Gasteiger partial charge in [-0.3, -0.25) is 14.5 Å². The van der Waals surface area contributed by atoms with Gasteiger partial charge in [0.05, 0.1) is 24.8 Å². The molecule has 2 aliphatic heterocycles. The van der Waals surface area contributed by atoms with E-state index in [0.717, 1.165) is 13.1 Å². The van der Waals surface area contributed by atoms with Crippen LogP contribution < -0.4 is 4.74 Å². The first-order valence-electron chi connectivity index (χ1n) is 11.2. The van der Waals surface area contributed by atoms with E-state index in [1.54, 1.807) is 30.3 Å². The summed E-state index contributed by atoms with van der Waals surface area (Å²) in [7, 11) is 0. The highest BCUT2D eigenvalue weighted by molar-refractivity contribution is 6.46. The molecule has 1 amide bonds. The molecule has 7 nitrogen and oxygen atoms in total. The molecule has 2 aromatic rings. The molecule has 34 heavy (non-hydrogen) atoms. The maximum absolute atomic E-state index is 13.4. The quantitative estimate of drug-likeness (QED) is 0.279. The van der Waals surface area contributed by atoms with E-state index in [4.69, 9.17) is 9.47 Å². The summed E-state index contributed by atoms with van der Waals surface area (Å²) >= 11 is 0. The Kier molecular flexibility index (Phi) is 7.40. The van der Waals surface area contributed by atoms with Gasteiger partial charge in [0.1, 0.15) is 23.9 Å². The number of Topliss-reactive ketones (excluding diaryl/α,β-unsaturated/α-hetero) is 1. The van der Waals surface area contributed by atoms with Gasteiger partial charge in [0.2, 0.25) is 0 Å². The van der Waals surface area contributed by atoms with Crippen LogP contribution in [0.4, 0.5) is 4.39 Å². The van der Waals surface area contributed by atoms with Crippen LogP contribution in [0.1, 0.15) is 17.2 Å². The molecule has 2 saturated heterocycles. The molecule has 0 spiro atoms. The van der Waals surface area contributed by atoms with E-state index in [1.165, 1.54) is 29.2 Å². The summed E-state index contributed by atoms with van der Waals surface area (Å²) in [5.41, 5.74) is 0.863. The van der Waals surface area contributed by atoms with Gasteiger partial charge in [0.25, 0.3) is 11.7 Å². The molecule has 2 heterocycles. The van der Waals surface area contributed by atoms with E-state index in [9.17, 15) is 19.1 Å². The Balaban J connectivity index is 1.73. The standard InChI is InChI=1S/C26H27FN2O5/c1-2-14-34-21-5-3-4-19(17-21)23-22(24(30)18-6-8-20(27)9-7-18)25(31)26(32)29(23)11-10-28-12-15-33-16-13-28/h2-9,17,23,30H,1,10-16H2/b24-22+/t23-/m1/s1. The molecule has 0 aromatic heterocycles. The number of amides is 1. The molecule has 2 fully saturated rings. The van der Waals surface area contributed by atoms with E-state index in [0.29, 0.717) is 44.2 Å². The molecule has 4 rings (SSSR count). The van der Waals surface area contributed by atoms with Crippen molar-refractivity contribution in [3.63, 3.8) is 0 Å². The van der Waals surface area contributed by atoms with Crippen molar-refractivity contribution in [1.82, 2.24) is 9.80 Å². The average Bonchev–Trinajstić information content (AvgIpc) is 3.12. The van der Waals surface area contributed by atoms with Gasteiger partial charge >= 0.3 is 0 Å². The molecule has 0 bridgehead atoms. The van der Waals surface area contributed by atoms with Crippen LogP contribution in [0.3, 0.4) is 0 Å². The van der Waals surface area contributed by atoms with Crippen LogP contribution in [0.2, 0.25) is 0 Å². The highest BCUT2D eigenvalue weighted by Crippen LogP contribution is 2.40. The topological polar surface area (TPSA) is 79.3 Å². The summed E-state index contributed by atoms with van der Waals surface area (Å²) in [5.74, 6) is -1.70. The highest BCUT2D eigenvalue weighted by Gasteiger charge is 2.46. The fourth-order valence-electron chi connectivity index (χ4n) is 4.22. The Hall–Kier alpha value is -3.49. The molecule has 178 valence electrons. The summed E-state index contributed by atoms with van der Waals surface area (Å²) in [6.07, 6.45) is 1.62. The van der Waals surface area contributed by atoms with Crippen LogP contribution in [0.25, 0.3) is 5.76 Å². The predicted molar refractivity (Wildman–Crippen MR) is 125 cm³/mol. The van der Waals surface area contributed by atoms with E-state index >= 15 is 0 Å². The third-order valence-corrected chi connectivity index (χ3v) is 5.96. The van der Waals surface area contributed by atoms with Crippen LogP contribution >= 0.6 is 0 Å². The number of aliphatic hydroxyl groups excluding tert-OH is 1. The third-order valence-electron chi connectivity index (χ3n) is 5.96. The largest absolute Gasteiger partial charge is 0.507 e. The van der Waals surface area contributed by atoms with Crippen molar-refractivity contribution in [1.29, 1.82) is 0 Å². The Morgan fingerprint density at radius 2 is 1.88 bits per heavy atom. The molecular weight excluding hydrogens is 439 g/mol. The first kappa shape index (κ1) is 23.7. The van der Waals surface area contributed by atoms with E-state index in [-0.39, 0.29) is 16.9 Å². The van der Waals surface area contributed by atoms with Crippen molar-refractivity contribution in [2.75, 3.05) is 46.0 Å². The number of carbonyl (C=O) groups excluding carboxylic acids is 2. The second kappa shape index (κ2) is 10.6. The minimum absolute atomic E-state index is 0.0283. The van der Waals surface area contributed by atoms with E-state index in [2.05, 4.69) is 11.5 Å². The number of hydrogen-bond donors (Lipinski definition) is 1. The fourth-order valence-corrected chi connectivity index (χ4v) is 4.22. The lowest BCUT2D eigenvalue weighted by molar-refractivity contribution is -0.140. The zero-order valence-electron chi connectivity index (χ0n) is 18.8. The summed E-state index contributed by atoms with van der Waals surface area (Å²) in [4.78, 5) is 29.9. The lowest BCUT2D eigenvalue weighted by atomic mass is 9.95. The highest BCUT2D eigenvalue weighted by atomic mass is 19.1. The Morgan fingerprint density at radius 1 is 1.15 bits per heavy atom. The lowest BCUT2D eigenvalue weighted by Crippen LogP contribution is -2.42. The predicted octanol–water partition coefficient (Wildman–Crippen LogP) is 3.14. The third kappa shape index (κ3) is 5.03. The van der Waals surface area contributed by atoms with Crippen LogP contribution in [-0.2, 0) is 14.3 Å². The van der Waals surface area contributed by atoms with Crippen molar-refractivity contribution in [2.45, 2.75) is 6.04 Å². The van der Waals surface area contributed by atoms with Crippen LogP contribution in [0.15, 0.2) is 66.8 Å². The molecule has 1 N–H and O–H groups in total. The van der Waals surface area contributed by atoms with Gasteiger partial charge in [0.15, 0.2) is 0 Å². The average molecular weight is 467 g/mol. The fraction of sp³-hybridized carbons (Fsp3) is 0.308. The molecule has 2 aliphatic rings. The second-order valence-electron chi connectivity index (χ2n) is 8.13. The number of rotatable bonds is 8. The smallest absolute Gasteiger partial charge is 0.295 e. The number of aliphatic hydroxyl groups is 1. The van der Waals surface area contributed by atoms with Crippen molar-refractivity contribution >= 4 is 17.4 Å². The number of hydrogen-bond acceptors (Lipinski definition) is 6. The van der Waals surface area contributed by atoms with Crippen molar-refractivity contribution in [3.05, 3.63) is 83.7 Å². The van der Waals surface area contributed by atoms with Crippen molar-refractivity contribution in [2.24, 2.45) is 0 Å². The Bertz CT molecular complexity index is 1090. The van der Waals surface area contributed by atoms with Crippen LogP contribution in [-0.4, -0.2) is 72.6 Å². The van der Waals surface area contributed by atoms with Gasteiger partial charge in [-0.15, -0.1) is 0 Å².